The number of nitrogens with one attached hydrogen (secondary N) is 1. The molecule has 1 saturated heterocycles. The highest BCUT2D eigenvalue weighted by molar-refractivity contribution is 5.79. The minimum absolute atomic E-state index is 0.0312. The Bertz CT molecular complexity index is 1160. The zero-order valence-electron chi connectivity index (χ0n) is 19.7. The van der Waals surface area contributed by atoms with E-state index in [2.05, 4.69) is 46.6 Å². The maximum Gasteiger partial charge on any atom is 0.407 e. The van der Waals surface area contributed by atoms with Crippen LogP contribution in [0.4, 0.5) is 4.79 Å². The number of nitrogens with zero attached hydrogens (tertiary/aromatic N) is 1. The van der Waals surface area contributed by atoms with Gasteiger partial charge in [-0.1, -0.05) is 78.9 Å². The summed E-state index contributed by atoms with van der Waals surface area (Å²) in [6, 6.07) is 26.6. The van der Waals surface area contributed by atoms with Crippen molar-refractivity contribution >= 4 is 12.1 Å². The van der Waals surface area contributed by atoms with E-state index in [9.17, 15) is 14.7 Å². The van der Waals surface area contributed by atoms with Crippen LogP contribution in [0.2, 0.25) is 0 Å². The van der Waals surface area contributed by atoms with Gasteiger partial charge in [-0.25, -0.2) is 4.79 Å². The number of carboxylic acids is 1. The number of hydrogen-bond donors (Lipinski definition) is 2. The van der Waals surface area contributed by atoms with Crippen molar-refractivity contribution in [2.24, 2.45) is 0 Å². The van der Waals surface area contributed by atoms with Gasteiger partial charge in [0.1, 0.15) is 6.61 Å². The molecule has 35 heavy (non-hydrogen) atoms. The molecule has 0 spiro atoms. The van der Waals surface area contributed by atoms with Gasteiger partial charge in [0.15, 0.2) is 0 Å². The molecule has 0 unspecified atom stereocenters. The van der Waals surface area contributed by atoms with E-state index in [-0.39, 0.29) is 18.9 Å². The van der Waals surface area contributed by atoms with Crippen LogP contribution in [-0.2, 0) is 16.1 Å². The van der Waals surface area contributed by atoms with Gasteiger partial charge in [0.05, 0.1) is 12.0 Å². The topological polar surface area (TPSA) is 78.9 Å². The summed E-state index contributed by atoms with van der Waals surface area (Å²) in [6.45, 7) is 2.45. The normalized spacial score (nSPS) is 16.8. The van der Waals surface area contributed by atoms with Gasteiger partial charge < -0.3 is 15.2 Å². The molecule has 6 heteroatoms. The minimum Gasteiger partial charge on any atom is -0.481 e. The largest absolute Gasteiger partial charge is 0.481 e. The fourth-order valence-corrected chi connectivity index (χ4v) is 5.47. The van der Waals surface area contributed by atoms with Crippen LogP contribution >= 0.6 is 0 Å². The van der Waals surface area contributed by atoms with Crippen LogP contribution in [0.3, 0.4) is 0 Å². The lowest BCUT2D eigenvalue weighted by Crippen LogP contribution is -2.56. The molecule has 0 saturated carbocycles. The summed E-state index contributed by atoms with van der Waals surface area (Å²) in [5, 5.41) is 12.5. The first-order chi connectivity index (χ1) is 17.0. The van der Waals surface area contributed by atoms with E-state index in [0.717, 1.165) is 17.7 Å². The Morgan fingerprint density at radius 2 is 1.46 bits per heavy atom. The number of alkyl carbamates (subject to hydrolysis) is 1. The second-order valence-corrected chi connectivity index (χ2v) is 9.56. The Morgan fingerprint density at radius 1 is 0.886 bits per heavy atom. The number of aliphatic carboxylic acids is 1. The molecular weight excluding hydrogens is 440 g/mol. The van der Waals surface area contributed by atoms with E-state index in [1.807, 2.05) is 42.5 Å². The molecular formula is C29H30N2O4. The van der Waals surface area contributed by atoms with Crippen molar-refractivity contribution in [2.75, 3.05) is 19.7 Å². The number of ether oxygens (including phenoxy) is 1. The van der Waals surface area contributed by atoms with E-state index in [4.69, 9.17) is 4.74 Å². The van der Waals surface area contributed by atoms with Crippen molar-refractivity contribution < 1.29 is 19.4 Å². The van der Waals surface area contributed by atoms with Gasteiger partial charge in [0, 0.05) is 25.6 Å². The third kappa shape index (κ3) is 5.08. The molecule has 1 fully saturated rings. The summed E-state index contributed by atoms with van der Waals surface area (Å²) in [5.41, 5.74) is 5.06. The standard InChI is InChI=1S/C29H30N2O4/c32-27(33)18-29(14-16-31(17-15-29)19-21-8-2-1-3-9-21)30-28(34)35-20-26-24-12-6-4-10-22(24)23-11-5-7-13-25(23)26/h1-13,26H,14-20H2,(H,30,34)(H,32,33). The molecule has 1 amide bonds. The van der Waals surface area contributed by atoms with Crippen molar-refractivity contribution in [1.82, 2.24) is 10.2 Å². The summed E-state index contributed by atoms with van der Waals surface area (Å²) in [5.74, 6) is -0.947. The zero-order valence-corrected chi connectivity index (χ0v) is 19.7. The van der Waals surface area contributed by atoms with E-state index >= 15 is 0 Å². The van der Waals surface area contributed by atoms with E-state index in [1.54, 1.807) is 0 Å². The first-order valence-electron chi connectivity index (χ1n) is 12.1. The summed E-state index contributed by atoms with van der Waals surface area (Å²) in [6.07, 6.45) is 0.466. The van der Waals surface area contributed by atoms with Crippen LogP contribution in [0, 0.1) is 0 Å². The van der Waals surface area contributed by atoms with Crippen molar-refractivity contribution in [2.45, 2.75) is 37.3 Å². The molecule has 0 aromatic heterocycles. The van der Waals surface area contributed by atoms with E-state index in [1.165, 1.54) is 16.7 Å². The first-order valence-corrected chi connectivity index (χ1v) is 12.1. The minimum atomic E-state index is -0.916. The molecule has 1 aliphatic heterocycles. The molecule has 0 bridgehead atoms. The maximum atomic E-state index is 12.9. The van der Waals surface area contributed by atoms with Gasteiger partial charge in [0.25, 0.3) is 0 Å². The number of piperidine rings is 1. The molecule has 2 aliphatic rings. The molecule has 3 aromatic carbocycles. The van der Waals surface area contributed by atoms with Crippen molar-refractivity contribution in [3.8, 4) is 11.1 Å². The predicted molar refractivity (Wildman–Crippen MR) is 134 cm³/mol. The highest BCUT2D eigenvalue weighted by Crippen LogP contribution is 2.44. The Balaban J connectivity index is 1.23. The molecule has 1 heterocycles. The summed E-state index contributed by atoms with van der Waals surface area (Å²) in [4.78, 5) is 26.9. The van der Waals surface area contributed by atoms with Crippen molar-refractivity contribution in [3.05, 3.63) is 95.6 Å². The van der Waals surface area contributed by atoms with E-state index in [0.29, 0.717) is 25.9 Å². The van der Waals surface area contributed by atoms with Crippen LogP contribution in [0.15, 0.2) is 78.9 Å². The van der Waals surface area contributed by atoms with Gasteiger partial charge in [-0.15, -0.1) is 0 Å². The van der Waals surface area contributed by atoms with E-state index < -0.39 is 17.6 Å². The molecule has 5 rings (SSSR count). The summed E-state index contributed by atoms with van der Waals surface area (Å²) >= 11 is 0. The SMILES string of the molecule is O=C(O)CC1(NC(=O)OCC2c3ccccc3-c3ccccc32)CCN(Cc2ccccc2)CC1. The van der Waals surface area contributed by atoms with Crippen LogP contribution in [0.5, 0.6) is 0 Å². The predicted octanol–water partition coefficient (Wildman–Crippen LogP) is 5.03. The highest BCUT2D eigenvalue weighted by atomic mass is 16.5. The molecule has 3 aromatic rings. The highest BCUT2D eigenvalue weighted by Gasteiger charge is 2.39. The van der Waals surface area contributed by atoms with Crippen LogP contribution in [0.25, 0.3) is 11.1 Å². The molecule has 2 N–H and O–H groups in total. The number of likely N-dealkylation sites (tertiary alicyclic amines) is 1. The van der Waals surface area contributed by atoms with Crippen LogP contribution in [-0.4, -0.2) is 47.3 Å². The molecule has 180 valence electrons. The second-order valence-electron chi connectivity index (χ2n) is 9.56. The van der Waals surface area contributed by atoms with Gasteiger partial charge >= 0.3 is 12.1 Å². The second kappa shape index (κ2) is 9.92. The quantitative estimate of drug-likeness (QED) is 0.506. The average molecular weight is 471 g/mol. The van der Waals surface area contributed by atoms with Gasteiger partial charge in [-0.2, -0.15) is 0 Å². The lowest BCUT2D eigenvalue weighted by Gasteiger charge is -2.41. The zero-order chi connectivity index (χ0) is 24.3. The Kier molecular flexibility index (Phi) is 6.55. The fraction of sp³-hybridized carbons (Fsp3) is 0.310. The van der Waals surface area contributed by atoms with Gasteiger partial charge in [0.2, 0.25) is 0 Å². The number of rotatable bonds is 7. The summed E-state index contributed by atoms with van der Waals surface area (Å²) in [7, 11) is 0. The Morgan fingerprint density at radius 3 is 2.06 bits per heavy atom. The lowest BCUT2D eigenvalue weighted by molar-refractivity contribution is -0.139. The number of carbonyl (C=O) groups is 2. The molecule has 6 nitrogen and oxygen atoms in total. The average Bonchev–Trinajstić information content (AvgIpc) is 3.18. The lowest BCUT2D eigenvalue weighted by atomic mass is 9.84. The number of amides is 1. The molecule has 1 aliphatic carbocycles. The summed E-state index contributed by atoms with van der Waals surface area (Å²) < 4.78 is 5.71. The van der Waals surface area contributed by atoms with Crippen molar-refractivity contribution in [3.63, 3.8) is 0 Å². The van der Waals surface area contributed by atoms with Gasteiger partial charge in [-0.3, -0.25) is 9.69 Å². The third-order valence-electron chi connectivity index (χ3n) is 7.26. The van der Waals surface area contributed by atoms with Crippen molar-refractivity contribution in [1.29, 1.82) is 0 Å². The molecule has 0 atom stereocenters. The molecule has 0 radical (unpaired) electrons. The number of carbonyl (C=O) groups excluding carboxylic acids is 1. The van der Waals surface area contributed by atoms with Crippen LogP contribution < -0.4 is 5.32 Å². The van der Waals surface area contributed by atoms with Gasteiger partial charge in [-0.05, 0) is 40.7 Å². The fourth-order valence-electron chi connectivity index (χ4n) is 5.47. The maximum absolute atomic E-state index is 12.9. The smallest absolute Gasteiger partial charge is 0.407 e. The third-order valence-corrected chi connectivity index (χ3v) is 7.26. The monoisotopic (exact) mass is 470 g/mol. The number of benzene rings is 3. The number of fused-ring (bicyclic) bond motifs is 3. The number of carboxylic acid groups (broad SMARTS) is 1. The Hall–Kier alpha value is -3.64. The van der Waals surface area contributed by atoms with Crippen LogP contribution in [0.1, 0.15) is 41.9 Å². The number of hydrogen-bond acceptors (Lipinski definition) is 4. The first kappa shape index (κ1) is 23.1. The Labute approximate surface area is 205 Å².